The molecule has 0 spiro atoms. The average Bonchev–Trinajstić information content (AvgIpc) is 0.725. The number of fused-ring (bicyclic) bond motifs is 7. The fraction of sp³-hybridized carbons (Fsp3) is 0.949. The Kier molecular flexibility index (Phi) is 19.0. The molecule has 488 valence electrons. The molecule has 32 atom stereocenters. The van der Waals surface area contributed by atoms with Crippen molar-refractivity contribution in [3.05, 3.63) is 11.6 Å². The van der Waals surface area contributed by atoms with Crippen LogP contribution >= 0.6 is 0 Å². The smallest absolute Gasteiger partial charge is 0.315 e. The fourth-order valence-corrected chi connectivity index (χ4v) is 17.6. The van der Waals surface area contributed by atoms with Gasteiger partial charge in [0.2, 0.25) is 6.29 Å². The van der Waals surface area contributed by atoms with Gasteiger partial charge >= 0.3 is 5.97 Å². The van der Waals surface area contributed by atoms with Gasteiger partial charge in [-0.1, -0.05) is 60.1 Å². The summed E-state index contributed by atoms with van der Waals surface area (Å²) in [5, 5.41) is 161. The van der Waals surface area contributed by atoms with Crippen LogP contribution in [-0.2, 0) is 52.2 Å². The standard InChI is InChI=1S/C59H96O26/c1-24-34(63)37(66)41(70)50(78-24)84-47-29(21-61)80-48(44(73)40(47)69)77-23-30-36(65)39(68)43(72)52(81-30)85-53(75)59-17-15-54(2,3)19-26(59)25-9-10-32-56(6)13-12-33(55(4,5)31(56)11-14-58(32,8)57(25,7)16-18-59)82-49-45(74)46(27(62)22-76-49)83-51-42(71)38(67)35(64)28(20-60)79-51/h9,24,26-52,60-74H,10-23H2,1-8H3/t24-,26-,27+,28+,29+,30+,31-,32+,33-,34-,35+,36+,37+,38-,39-,40+,41+,42+,43+,44+,45-,46+,47+,48+,49-,50-,51-,52-,56-,57+,58+,59-/m0/s1. The van der Waals surface area contributed by atoms with Gasteiger partial charge in [0.1, 0.15) is 110 Å². The summed E-state index contributed by atoms with van der Waals surface area (Å²) in [4.78, 5) is 15.2. The van der Waals surface area contributed by atoms with Crippen molar-refractivity contribution in [2.45, 2.75) is 273 Å². The number of hydrogen-bond donors (Lipinski definition) is 15. The van der Waals surface area contributed by atoms with E-state index in [-0.39, 0.29) is 46.0 Å². The van der Waals surface area contributed by atoms with E-state index in [4.69, 9.17) is 47.4 Å². The highest BCUT2D eigenvalue weighted by atomic mass is 16.8. The van der Waals surface area contributed by atoms with Crippen molar-refractivity contribution in [3.63, 3.8) is 0 Å². The zero-order chi connectivity index (χ0) is 62.0. The molecule has 0 unspecified atom stereocenters. The first kappa shape index (κ1) is 66.2. The van der Waals surface area contributed by atoms with Gasteiger partial charge < -0.3 is 124 Å². The van der Waals surface area contributed by atoms with Crippen LogP contribution < -0.4 is 0 Å². The van der Waals surface area contributed by atoms with Gasteiger partial charge in [-0.15, -0.1) is 0 Å². The molecular formula is C59H96O26. The van der Waals surface area contributed by atoms with Crippen molar-refractivity contribution in [1.29, 1.82) is 0 Å². The summed E-state index contributed by atoms with van der Waals surface area (Å²) in [6, 6.07) is 0. The second-order valence-corrected chi connectivity index (χ2v) is 28.7. The third-order valence-electron chi connectivity index (χ3n) is 23.1. The number of esters is 1. The van der Waals surface area contributed by atoms with E-state index < -0.39 is 190 Å². The Balaban J connectivity index is 0.812. The first-order chi connectivity index (χ1) is 39.8. The third kappa shape index (κ3) is 11.2. The molecule has 0 aromatic heterocycles. The molecule has 5 heterocycles. The van der Waals surface area contributed by atoms with Crippen LogP contribution in [0.25, 0.3) is 0 Å². The van der Waals surface area contributed by atoms with Crippen molar-refractivity contribution < 1.29 is 129 Å². The van der Waals surface area contributed by atoms with Crippen molar-refractivity contribution in [1.82, 2.24) is 0 Å². The number of carbonyl (C=O) groups is 1. The lowest BCUT2D eigenvalue weighted by Gasteiger charge is -2.71. The topological polar surface area (TPSA) is 413 Å². The molecule has 10 rings (SSSR count). The van der Waals surface area contributed by atoms with Crippen molar-refractivity contribution in [2.24, 2.45) is 50.2 Å². The molecule has 0 aromatic rings. The SMILES string of the molecule is C[C@@H]1O[C@@H](O[C@H]2[C@H](O)[C@@H](O)[C@H](OC[C@H]3O[C@@H](OC(=O)[C@]45CCC(C)(C)C[C@H]4C4=CC[C@@H]6[C@@]7(C)CC[C@H](O[C@@H]8OC[C@@H](O)[C@@H](O[C@@H]9O[C@H](CO)[C@@H](O)[C@H](O)[C@H]9O)[C@@H]8O)C(C)(C)[C@@H]7CC[C@@]6(C)[C@]4(C)CC5)[C@H](O)[C@@H](O)[C@@H]3O)O[C@@H]2CO)[C@H](O)[C@H](O)[C@H]1O. The van der Waals surface area contributed by atoms with Gasteiger partial charge in [0, 0.05) is 0 Å². The van der Waals surface area contributed by atoms with E-state index in [0.717, 1.165) is 25.7 Å². The van der Waals surface area contributed by atoms with Crippen LogP contribution in [0.15, 0.2) is 11.6 Å². The summed E-state index contributed by atoms with van der Waals surface area (Å²) < 4.78 is 59.0. The summed E-state index contributed by atoms with van der Waals surface area (Å²) in [6.07, 6.45) is -29.3. The molecule has 5 aliphatic carbocycles. The number of aliphatic hydroxyl groups excluding tert-OH is 15. The molecule has 5 saturated heterocycles. The van der Waals surface area contributed by atoms with Crippen LogP contribution in [0.1, 0.15) is 120 Å². The monoisotopic (exact) mass is 1220 g/mol. The summed E-state index contributed by atoms with van der Waals surface area (Å²) in [7, 11) is 0. The minimum absolute atomic E-state index is 0.156. The van der Waals surface area contributed by atoms with Gasteiger partial charge in [0.05, 0.1) is 44.1 Å². The first-order valence-electron chi connectivity index (χ1n) is 30.6. The lowest BCUT2D eigenvalue weighted by Crippen LogP contribution is -2.66. The van der Waals surface area contributed by atoms with Gasteiger partial charge in [0.15, 0.2) is 25.2 Å². The van der Waals surface area contributed by atoms with Gasteiger partial charge in [0.25, 0.3) is 0 Å². The van der Waals surface area contributed by atoms with Crippen LogP contribution in [0.2, 0.25) is 0 Å². The van der Waals surface area contributed by atoms with E-state index in [2.05, 4.69) is 54.5 Å². The van der Waals surface area contributed by atoms with E-state index in [9.17, 15) is 76.6 Å². The molecule has 0 radical (unpaired) electrons. The Hall–Kier alpha value is -1.75. The number of aliphatic hydroxyl groups is 15. The molecule has 10 aliphatic rings. The van der Waals surface area contributed by atoms with Crippen molar-refractivity contribution in [3.8, 4) is 0 Å². The normalized spacial score (nSPS) is 54.1. The molecule has 0 amide bonds. The minimum atomic E-state index is -1.89. The molecule has 4 saturated carbocycles. The van der Waals surface area contributed by atoms with Crippen LogP contribution in [0.4, 0.5) is 0 Å². The molecule has 15 N–H and O–H groups in total. The zero-order valence-electron chi connectivity index (χ0n) is 49.8. The highest BCUT2D eigenvalue weighted by molar-refractivity contribution is 5.79. The largest absolute Gasteiger partial charge is 0.432 e. The molecule has 0 aromatic carbocycles. The quantitative estimate of drug-likeness (QED) is 0.0513. The number of hydrogen-bond acceptors (Lipinski definition) is 26. The second-order valence-electron chi connectivity index (χ2n) is 28.7. The van der Waals surface area contributed by atoms with Gasteiger partial charge in [-0.05, 0) is 116 Å². The average molecular weight is 1220 g/mol. The van der Waals surface area contributed by atoms with E-state index >= 15 is 4.79 Å². The second kappa shape index (κ2) is 24.4. The Morgan fingerprint density at radius 2 is 1.13 bits per heavy atom. The van der Waals surface area contributed by atoms with E-state index in [1.165, 1.54) is 12.5 Å². The number of carbonyl (C=O) groups excluding carboxylic acids is 1. The lowest BCUT2D eigenvalue weighted by molar-refractivity contribution is -0.361. The predicted molar refractivity (Wildman–Crippen MR) is 288 cm³/mol. The molecule has 5 aliphatic heterocycles. The lowest BCUT2D eigenvalue weighted by atomic mass is 9.33. The maximum Gasteiger partial charge on any atom is 0.315 e. The van der Waals surface area contributed by atoms with Crippen molar-refractivity contribution in [2.75, 3.05) is 26.4 Å². The van der Waals surface area contributed by atoms with Crippen molar-refractivity contribution >= 4 is 5.97 Å². The van der Waals surface area contributed by atoms with E-state index in [1.54, 1.807) is 0 Å². The zero-order valence-corrected chi connectivity index (χ0v) is 49.8. The molecule has 26 heteroatoms. The molecule has 0 bridgehead atoms. The Labute approximate surface area is 494 Å². The molecule has 85 heavy (non-hydrogen) atoms. The van der Waals surface area contributed by atoms with Gasteiger partial charge in [-0.25, -0.2) is 0 Å². The maximum absolute atomic E-state index is 15.2. The predicted octanol–water partition coefficient (Wildman–Crippen LogP) is -2.54. The molecule has 26 nitrogen and oxygen atoms in total. The highest BCUT2D eigenvalue weighted by Gasteiger charge is 2.70. The third-order valence-corrected chi connectivity index (χ3v) is 23.1. The maximum atomic E-state index is 15.2. The Bertz CT molecular complexity index is 2360. The fourth-order valence-electron chi connectivity index (χ4n) is 17.6. The van der Waals surface area contributed by atoms with E-state index in [0.29, 0.717) is 38.5 Å². The number of allylic oxidation sites excluding steroid dienone is 2. The molecule has 9 fully saturated rings. The number of rotatable bonds is 13. The van der Waals surface area contributed by atoms with E-state index in [1.807, 2.05) is 0 Å². The van der Waals surface area contributed by atoms with Crippen LogP contribution in [0.5, 0.6) is 0 Å². The van der Waals surface area contributed by atoms with Crippen LogP contribution in [0.3, 0.4) is 0 Å². The van der Waals surface area contributed by atoms with Gasteiger partial charge in [-0.3, -0.25) is 4.79 Å². The van der Waals surface area contributed by atoms with Gasteiger partial charge in [-0.2, -0.15) is 0 Å². The first-order valence-corrected chi connectivity index (χ1v) is 30.6. The summed E-state index contributed by atoms with van der Waals surface area (Å²) >= 11 is 0. The Morgan fingerprint density at radius 1 is 0.553 bits per heavy atom. The summed E-state index contributed by atoms with van der Waals surface area (Å²) in [6.45, 7) is 15.0. The molecular weight excluding hydrogens is 1120 g/mol. The summed E-state index contributed by atoms with van der Waals surface area (Å²) in [5.41, 5.74) is -1.17. The number of ether oxygens (including phenoxy) is 10. The Morgan fingerprint density at radius 3 is 1.80 bits per heavy atom. The van der Waals surface area contributed by atoms with Crippen LogP contribution in [-0.4, -0.2) is 263 Å². The van der Waals surface area contributed by atoms with Crippen LogP contribution in [0, 0.1) is 50.2 Å². The highest BCUT2D eigenvalue weighted by Crippen LogP contribution is 2.76. The summed E-state index contributed by atoms with van der Waals surface area (Å²) in [5.74, 6) is -0.482. The minimum Gasteiger partial charge on any atom is -0.432 e.